The van der Waals surface area contributed by atoms with Crippen LogP contribution < -0.4 is 0 Å². The standard InChI is InChI=1S/C29H28F6/c1-2-3-4-18-5-7-19(8-6-18)20-9-11-21(12-10-20)22-13-14-24(25(30)15-22)23-16-26(31)28(27(32)17-23)29(33,34)35/h9-19H,2-8H2,1H3. The summed E-state index contributed by atoms with van der Waals surface area (Å²) < 4.78 is 81.2. The third-order valence-electron chi connectivity index (χ3n) is 7.13. The molecule has 186 valence electrons. The molecule has 0 amide bonds. The van der Waals surface area contributed by atoms with Crippen LogP contribution in [0.2, 0.25) is 0 Å². The Hall–Kier alpha value is -2.76. The van der Waals surface area contributed by atoms with Crippen LogP contribution >= 0.6 is 0 Å². The van der Waals surface area contributed by atoms with Crippen molar-refractivity contribution >= 4 is 0 Å². The van der Waals surface area contributed by atoms with Crippen LogP contribution in [0.4, 0.5) is 26.3 Å². The van der Waals surface area contributed by atoms with Gasteiger partial charge in [0.15, 0.2) is 0 Å². The van der Waals surface area contributed by atoms with Crippen molar-refractivity contribution in [2.45, 2.75) is 64.0 Å². The van der Waals surface area contributed by atoms with Crippen LogP contribution in [0.1, 0.15) is 68.9 Å². The first-order valence-corrected chi connectivity index (χ1v) is 12.1. The summed E-state index contributed by atoms with van der Waals surface area (Å²) in [6, 6.07) is 13.2. The second kappa shape index (κ2) is 10.5. The summed E-state index contributed by atoms with van der Waals surface area (Å²) in [5.74, 6) is -2.95. The summed E-state index contributed by atoms with van der Waals surface area (Å²) in [5.41, 5.74) is 0.205. The van der Waals surface area contributed by atoms with Gasteiger partial charge in [0.2, 0.25) is 0 Å². The SMILES string of the molecule is CCCCC1CCC(c2ccc(-c3ccc(-c4cc(F)c(C(F)(F)F)c(F)c4)c(F)c3)cc2)CC1. The molecule has 0 N–H and O–H groups in total. The molecular weight excluding hydrogens is 462 g/mol. The molecule has 0 atom stereocenters. The molecule has 1 fully saturated rings. The Morgan fingerprint density at radius 1 is 0.714 bits per heavy atom. The van der Waals surface area contributed by atoms with Crippen molar-refractivity contribution in [2.24, 2.45) is 5.92 Å². The number of rotatable bonds is 6. The molecule has 3 aromatic rings. The Bertz CT molecular complexity index is 1130. The van der Waals surface area contributed by atoms with Gasteiger partial charge in [-0.05, 0) is 78.0 Å². The monoisotopic (exact) mass is 490 g/mol. The summed E-state index contributed by atoms with van der Waals surface area (Å²) in [5, 5.41) is 0. The Balaban J connectivity index is 1.49. The Morgan fingerprint density at radius 2 is 1.29 bits per heavy atom. The number of hydrogen-bond acceptors (Lipinski definition) is 0. The minimum Gasteiger partial charge on any atom is -0.206 e. The van der Waals surface area contributed by atoms with Gasteiger partial charge in [0.05, 0.1) is 0 Å². The molecule has 0 bridgehead atoms. The molecule has 1 saturated carbocycles. The molecule has 3 aromatic carbocycles. The lowest BCUT2D eigenvalue weighted by molar-refractivity contribution is -0.142. The maximum absolute atomic E-state index is 14.8. The van der Waals surface area contributed by atoms with Gasteiger partial charge in [-0.15, -0.1) is 0 Å². The van der Waals surface area contributed by atoms with Gasteiger partial charge in [0, 0.05) is 5.56 Å². The molecule has 1 aliphatic carbocycles. The van der Waals surface area contributed by atoms with Crippen molar-refractivity contribution in [3.05, 3.63) is 83.2 Å². The molecule has 0 spiro atoms. The Kier molecular flexibility index (Phi) is 7.58. The van der Waals surface area contributed by atoms with Crippen LogP contribution in [0, 0.1) is 23.4 Å². The van der Waals surface area contributed by atoms with Crippen LogP contribution in [0.15, 0.2) is 54.6 Å². The molecule has 0 aliphatic heterocycles. The number of alkyl halides is 3. The van der Waals surface area contributed by atoms with E-state index in [1.165, 1.54) is 62.6 Å². The van der Waals surface area contributed by atoms with Crippen molar-refractivity contribution in [3.8, 4) is 22.3 Å². The summed E-state index contributed by atoms with van der Waals surface area (Å²) in [6.07, 6.45) is 3.54. The van der Waals surface area contributed by atoms with Gasteiger partial charge in [-0.1, -0.05) is 62.6 Å². The molecule has 0 unspecified atom stereocenters. The highest BCUT2D eigenvalue weighted by Gasteiger charge is 2.38. The van der Waals surface area contributed by atoms with Crippen LogP contribution in [0.5, 0.6) is 0 Å². The smallest absolute Gasteiger partial charge is 0.206 e. The minimum absolute atomic E-state index is 0.170. The average molecular weight is 491 g/mol. The van der Waals surface area contributed by atoms with Crippen molar-refractivity contribution in [1.29, 1.82) is 0 Å². The van der Waals surface area contributed by atoms with Gasteiger partial charge in [-0.2, -0.15) is 13.2 Å². The number of halogens is 6. The Morgan fingerprint density at radius 3 is 1.83 bits per heavy atom. The highest BCUT2D eigenvalue weighted by atomic mass is 19.4. The zero-order valence-corrected chi connectivity index (χ0v) is 19.6. The predicted octanol–water partition coefficient (Wildman–Crippen LogP) is 9.92. The molecule has 0 heterocycles. The lowest BCUT2D eigenvalue weighted by Gasteiger charge is -2.29. The van der Waals surface area contributed by atoms with Gasteiger partial charge >= 0.3 is 6.18 Å². The number of hydrogen-bond donors (Lipinski definition) is 0. The molecule has 0 radical (unpaired) electrons. The summed E-state index contributed by atoms with van der Waals surface area (Å²) in [7, 11) is 0. The highest BCUT2D eigenvalue weighted by Crippen LogP contribution is 2.39. The first kappa shape index (κ1) is 25.3. The number of benzene rings is 3. The van der Waals surface area contributed by atoms with Crippen LogP contribution in [0.3, 0.4) is 0 Å². The van der Waals surface area contributed by atoms with E-state index in [1.807, 2.05) is 12.1 Å². The van der Waals surface area contributed by atoms with Crippen molar-refractivity contribution < 1.29 is 26.3 Å². The first-order valence-electron chi connectivity index (χ1n) is 12.1. The normalized spacial score (nSPS) is 18.6. The molecule has 0 nitrogen and oxygen atoms in total. The first-order chi connectivity index (χ1) is 16.7. The van der Waals surface area contributed by atoms with Crippen LogP contribution in [-0.4, -0.2) is 0 Å². The Labute approximate surface area is 202 Å². The molecule has 35 heavy (non-hydrogen) atoms. The minimum atomic E-state index is -5.17. The quantitative estimate of drug-likeness (QED) is 0.302. The maximum Gasteiger partial charge on any atom is 0.422 e. The lowest BCUT2D eigenvalue weighted by Crippen LogP contribution is -2.13. The van der Waals surface area contributed by atoms with Gasteiger partial charge in [-0.25, -0.2) is 13.2 Å². The fourth-order valence-corrected chi connectivity index (χ4v) is 5.15. The molecular formula is C29H28F6. The fraction of sp³-hybridized carbons (Fsp3) is 0.379. The van der Waals surface area contributed by atoms with Crippen LogP contribution in [-0.2, 0) is 6.18 Å². The van der Waals surface area contributed by atoms with E-state index >= 15 is 0 Å². The second-order valence-electron chi connectivity index (χ2n) is 9.49. The molecule has 0 saturated heterocycles. The third-order valence-corrected chi connectivity index (χ3v) is 7.13. The van der Waals surface area contributed by atoms with Crippen molar-refractivity contribution in [2.75, 3.05) is 0 Å². The van der Waals surface area contributed by atoms with Gasteiger partial charge in [0.25, 0.3) is 0 Å². The lowest BCUT2D eigenvalue weighted by atomic mass is 9.77. The third kappa shape index (κ3) is 5.74. The van der Waals surface area contributed by atoms with E-state index in [9.17, 15) is 26.3 Å². The van der Waals surface area contributed by atoms with Crippen molar-refractivity contribution in [3.63, 3.8) is 0 Å². The van der Waals surface area contributed by atoms with E-state index in [0.717, 1.165) is 11.5 Å². The van der Waals surface area contributed by atoms with Crippen molar-refractivity contribution in [1.82, 2.24) is 0 Å². The van der Waals surface area contributed by atoms with E-state index in [4.69, 9.17) is 0 Å². The predicted molar refractivity (Wildman–Crippen MR) is 126 cm³/mol. The zero-order valence-electron chi connectivity index (χ0n) is 19.6. The van der Waals surface area contributed by atoms with E-state index in [2.05, 4.69) is 19.1 Å². The fourth-order valence-electron chi connectivity index (χ4n) is 5.15. The zero-order chi connectivity index (χ0) is 25.2. The summed E-state index contributed by atoms with van der Waals surface area (Å²) >= 11 is 0. The number of unbranched alkanes of at least 4 members (excludes halogenated alkanes) is 1. The molecule has 4 rings (SSSR count). The maximum atomic E-state index is 14.8. The van der Waals surface area contributed by atoms with Gasteiger partial charge in [0.1, 0.15) is 23.0 Å². The van der Waals surface area contributed by atoms with E-state index < -0.39 is 29.2 Å². The second-order valence-corrected chi connectivity index (χ2v) is 9.49. The van der Waals surface area contributed by atoms with Gasteiger partial charge in [-0.3, -0.25) is 0 Å². The summed E-state index contributed by atoms with van der Waals surface area (Å²) in [4.78, 5) is 0. The molecule has 0 aromatic heterocycles. The van der Waals surface area contributed by atoms with Crippen LogP contribution in [0.25, 0.3) is 22.3 Å². The highest BCUT2D eigenvalue weighted by molar-refractivity contribution is 5.71. The van der Waals surface area contributed by atoms with E-state index in [0.29, 0.717) is 23.6 Å². The largest absolute Gasteiger partial charge is 0.422 e. The van der Waals surface area contributed by atoms with Gasteiger partial charge < -0.3 is 0 Å². The van der Waals surface area contributed by atoms with E-state index in [-0.39, 0.29) is 11.1 Å². The topological polar surface area (TPSA) is 0 Å². The molecule has 1 aliphatic rings. The molecule has 6 heteroatoms. The average Bonchev–Trinajstić information content (AvgIpc) is 2.82. The summed E-state index contributed by atoms with van der Waals surface area (Å²) in [6.45, 7) is 2.22. The van der Waals surface area contributed by atoms with E-state index in [1.54, 1.807) is 6.07 Å².